The summed E-state index contributed by atoms with van der Waals surface area (Å²) < 4.78 is 74.4. The van der Waals surface area contributed by atoms with Gasteiger partial charge in [0.1, 0.15) is 11.5 Å². The van der Waals surface area contributed by atoms with Gasteiger partial charge in [-0.15, -0.1) is 0 Å². The summed E-state index contributed by atoms with van der Waals surface area (Å²) in [7, 11) is 1.31. The number of aromatic nitrogens is 2. The monoisotopic (exact) mass is 645 g/mol. The molecule has 0 saturated carbocycles. The second-order valence-corrected chi connectivity index (χ2v) is 14.1. The Balaban J connectivity index is 1.43. The van der Waals surface area contributed by atoms with Crippen molar-refractivity contribution in [2.24, 2.45) is 11.8 Å². The fourth-order valence-corrected chi connectivity index (χ4v) is 7.12. The lowest BCUT2D eigenvalue weighted by Gasteiger charge is -2.29. The van der Waals surface area contributed by atoms with Gasteiger partial charge >= 0.3 is 6.18 Å². The van der Waals surface area contributed by atoms with Gasteiger partial charge in [-0.3, -0.25) is 4.79 Å². The highest BCUT2D eigenvalue weighted by Gasteiger charge is 2.41. The summed E-state index contributed by atoms with van der Waals surface area (Å²) in [6.07, 6.45) is -0.770. The molecule has 1 N–H and O–H groups in total. The first-order valence-corrected chi connectivity index (χ1v) is 16.7. The van der Waals surface area contributed by atoms with Gasteiger partial charge in [0.2, 0.25) is 16.0 Å². The van der Waals surface area contributed by atoms with Crippen molar-refractivity contribution >= 4 is 27.4 Å². The third-order valence-electron chi connectivity index (χ3n) is 8.91. The number of ketones is 1. The van der Waals surface area contributed by atoms with Crippen molar-refractivity contribution in [1.29, 1.82) is 0 Å². The number of nitrogens with one attached hydrogen (secondary N) is 1. The molecule has 5 rings (SSSR count). The Hall–Kier alpha value is -3.55. The van der Waals surface area contributed by atoms with E-state index in [1.807, 2.05) is 25.2 Å². The Labute approximate surface area is 261 Å². The number of ether oxygens (including phenoxy) is 1. The average Bonchev–Trinajstić information content (AvgIpc) is 3.33. The zero-order chi connectivity index (χ0) is 32.5. The summed E-state index contributed by atoms with van der Waals surface area (Å²) in [6.45, 7) is 1.75. The number of nitrogens with zero attached hydrogens (tertiary/aromatic N) is 4. The van der Waals surface area contributed by atoms with E-state index in [-0.39, 0.29) is 36.2 Å². The van der Waals surface area contributed by atoms with Crippen LogP contribution in [0, 0.1) is 11.8 Å². The molecule has 2 aromatic carbocycles. The molecule has 0 unspecified atom stereocenters. The van der Waals surface area contributed by atoms with Gasteiger partial charge in [0.25, 0.3) is 0 Å². The predicted octanol–water partition coefficient (Wildman–Crippen LogP) is 5.05. The third kappa shape index (κ3) is 7.47. The average molecular weight is 646 g/mol. The lowest BCUT2D eigenvalue weighted by molar-refractivity contribution is -0.138. The van der Waals surface area contributed by atoms with Crippen molar-refractivity contribution in [2.75, 3.05) is 45.9 Å². The van der Waals surface area contributed by atoms with Crippen LogP contribution in [0.15, 0.2) is 48.7 Å². The molecule has 0 radical (unpaired) electrons. The van der Waals surface area contributed by atoms with Crippen molar-refractivity contribution in [3.8, 4) is 5.75 Å². The first-order valence-electron chi connectivity index (χ1n) is 14.8. The number of piperidine rings is 1. The van der Waals surface area contributed by atoms with Gasteiger partial charge in [-0.25, -0.2) is 18.4 Å². The highest BCUT2D eigenvalue weighted by atomic mass is 32.2. The van der Waals surface area contributed by atoms with E-state index < -0.39 is 33.7 Å². The number of hydrogen-bond acceptors (Lipinski definition) is 8. The molecule has 1 aromatic heterocycles. The molecule has 9 nitrogen and oxygen atoms in total. The highest BCUT2D eigenvalue weighted by Crippen LogP contribution is 2.43. The fourth-order valence-electron chi connectivity index (χ4n) is 6.42. The van der Waals surface area contributed by atoms with E-state index in [9.17, 15) is 26.4 Å². The van der Waals surface area contributed by atoms with Crippen LogP contribution in [0.2, 0.25) is 0 Å². The molecule has 2 heterocycles. The van der Waals surface area contributed by atoms with Gasteiger partial charge in [-0.1, -0.05) is 30.3 Å². The summed E-state index contributed by atoms with van der Waals surface area (Å²) in [5.41, 5.74) is 1.60. The summed E-state index contributed by atoms with van der Waals surface area (Å²) in [5.74, 6) is -0.00376. The Morgan fingerprint density at radius 3 is 2.53 bits per heavy atom. The number of methoxy groups -OCH3 is 1. The van der Waals surface area contributed by atoms with Gasteiger partial charge in [0.15, 0.2) is 0 Å². The lowest BCUT2D eigenvalue weighted by Crippen LogP contribution is -2.34. The van der Waals surface area contributed by atoms with Crippen LogP contribution in [0.5, 0.6) is 5.75 Å². The molecule has 0 spiro atoms. The van der Waals surface area contributed by atoms with Crippen molar-refractivity contribution < 1.29 is 31.1 Å². The van der Waals surface area contributed by atoms with Crippen LogP contribution < -0.4 is 10.1 Å². The number of alkyl halides is 3. The number of sulfonamides is 1. The van der Waals surface area contributed by atoms with Crippen LogP contribution in [-0.2, 0) is 40.3 Å². The molecule has 1 aliphatic heterocycles. The molecule has 2 atom stereocenters. The zero-order valence-corrected chi connectivity index (χ0v) is 26.6. The molecular weight excluding hydrogens is 607 g/mol. The molecular formula is C32H38F3N5O4S. The molecule has 1 fully saturated rings. The maximum atomic E-state index is 14.2. The maximum absolute atomic E-state index is 14.2. The molecule has 0 bridgehead atoms. The number of benzene rings is 2. The lowest BCUT2D eigenvalue weighted by atomic mass is 9.89. The minimum Gasteiger partial charge on any atom is -0.495 e. The molecule has 0 amide bonds. The van der Waals surface area contributed by atoms with E-state index in [4.69, 9.17) is 4.74 Å². The quantitative estimate of drug-likeness (QED) is 0.327. The Morgan fingerprint density at radius 1 is 1.16 bits per heavy atom. The van der Waals surface area contributed by atoms with Gasteiger partial charge in [-0.2, -0.15) is 17.5 Å². The second-order valence-electron chi connectivity index (χ2n) is 12.0. The van der Waals surface area contributed by atoms with E-state index in [1.54, 1.807) is 24.3 Å². The minimum atomic E-state index is -4.72. The number of likely N-dealkylation sites (tertiary alicyclic amines) is 1. The highest BCUT2D eigenvalue weighted by molar-refractivity contribution is 7.88. The Kier molecular flexibility index (Phi) is 9.52. The zero-order valence-electron chi connectivity index (χ0n) is 25.8. The summed E-state index contributed by atoms with van der Waals surface area (Å²) in [5, 5.41) is 3.00. The SMILES string of the molecule is COc1ccc(CC(=O)C2CCN(C)CC2)cc1Nc1ncc(C(F)(F)F)c(C[C@@H]2Cc3ccccc3[C@H]2N(C)S(C)(=O)=O)n1. The molecule has 3 aromatic rings. The van der Waals surface area contributed by atoms with Crippen LogP contribution in [0.1, 0.15) is 46.8 Å². The van der Waals surface area contributed by atoms with Crippen molar-refractivity contribution in [3.63, 3.8) is 0 Å². The number of rotatable bonds is 10. The topological polar surface area (TPSA) is 105 Å². The molecule has 242 valence electrons. The summed E-state index contributed by atoms with van der Waals surface area (Å²) >= 11 is 0. The van der Waals surface area contributed by atoms with Crippen molar-refractivity contribution in [1.82, 2.24) is 19.2 Å². The van der Waals surface area contributed by atoms with Gasteiger partial charge < -0.3 is 15.0 Å². The van der Waals surface area contributed by atoms with Crippen LogP contribution in [0.25, 0.3) is 0 Å². The van der Waals surface area contributed by atoms with E-state index >= 15 is 0 Å². The van der Waals surface area contributed by atoms with Gasteiger partial charge in [0, 0.05) is 25.6 Å². The van der Waals surface area contributed by atoms with Gasteiger partial charge in [-0.05, 0) is 80.6 Å². The number of carbonyl (C=O) groups excluding carboxylic acids is 1. The number of fused-ring (bicyclic) bond motifs is 1. The van der Waals surface area contributed by atoms with Crippen molar-refractivity contribution in [3.05, 3.63) is 76.6 Å². The molecule has 1 aliphatic carbocycles. The standard InChI is InChI=1S/C32H38F3N5O4S/c1-39-13-11-21(12-14-39)28(41)16-20-9-10-29(44-3)27(15-20)38-31-36-19-25(32(33,34)35)26(37-31)18-23-17-22-7-5-6-8-24(22)30(23)40(2)45(4,42)43/h5-10,15,19,21,23,30H,11-14,16-18H2,1-4H3,(H,36,37,38)/t23-,30-/m0/s1. The fraction of sp³-hybridized carbons (Fsp3) is 0.469. The number of hydrogen-bond donors (Lipinski definition) is 1. The number of anilines is 2. The minimum absolute atomic E-state index is 0.00666. The predicted molar refractivity (Wildman–Crippen MR) is 165 cm³/mol. The Morgan fingerprint density at radius 2 is 1.87 bits per heavy atom. The van der Waals surface area contributed by atoms with Crippen LogP contribution in [0.4, 0.5) is 24.8 Å². The van der Waals surface area contributed by atoms with E-state index in [2.05, 4.69) is 20.2 Å². The van der Waals surface area contributed by atoms with Crippen LogP contribution in [-0.4, -0.2) is 73.9 Å². The van der Waals surface area contributed by atoms with Crippen LogP contribution >= 0.6 is 0 Å². The van der Waals surface area contributed by atoms with Crippen LogP contribution in [0.3, 0.4) is 0 Å². The third-order valence-corrected chi connectivity index (χ3v) is 10.2. The summed E-state index contributed by atoms with van der Waals surface area (Å²) in [6, 6.07) is 11.9. The van der Waals surface area contributed by atoms with E-state index in [0.29, 0.717) is 17.9 Å². The Bertz CT molecular complexity index is 1660. The maximum Gasteiger partial charge on any atom is 0.419 e. The molecule has 13 heteroatoms. The smallest absolute Gasteiger partial charge is 0.419 e. The number of halogens is 3. The molecule has 2 aliphatic rings. The number of carbonyl (C=O) groups is 1. The van der Waals surface area contributed by atoms with Crippen molar-refractivity contribution in [2.45, 2.75) is 44.3 Å². The van der Waals surface area contributed by atoms with E-state index in [1.165, 1.54) is 18.5 Å². The first kappa shape index (κ1) is 32.8. The summed E-state index contributed by atoms with van der Waals surface area (Å²) in [4.78, 5) is 23.5. The normalized spacial score (nSPS) is 19.5. The largest absolute Gasteiger partial charge is 0.495 e. The van der Waals surface area contributed by atoms with Gasteiger partial charge in [0.05, 0.1) is 36.4 Å². The molecule has 1 saturated heterocycles. The first-order chi connectivity index (χ1) is 21.2. The number of Topliss-reactive ketones (excluding diaryl/α,β-unsaturated/α-hetero) is 1. The second kappa shape index (κ2) is 13.1. The molecule has 45 heavy (non-hydrogen) atoms. The van der Waals surface area contributed by atoms with E-state index in [0.717, 1.165) is 55.1 Å².